The molecule has 0 aromatic heterocycles. The summed E-state index contributed by atoms with van der Waals surface area (Å²) < 4.78 is 17.4. The maximum absolute atomic E-state index is 12.7. The van der Waals surface area contributed by atoms with Crippen LogP contribution < -0.4 is 0 Å². The Morgan fingerprint density at radius 2 is 1.59 bits per heavy atom. The van der Waals surface area contributed by atoms with E-state index in [2.05, 4.69) is 6.92 Å². The second kappa shape index (κ2) is 9.94. The van der Waals surface area contributed by atoms with Crippen LogP contribution in [0.3, 0.4) is 0 Å². The van der Waals surface area contributed by atoms with E-state index in [9.17, 15) is 9.59 Å². The van der Waals surface area contributed by atoms with Gasteiger partial charge in [0.25, 0.3) is 0 Å². The van der Waals surface area contributed by atoms with Gasteiger partial charge in [-0.2, -0.15) is 0 Å². The van der Waals surface area contributed by atoms with Crippen LogP contribution in [0.25, 0.3) is 0 Å². The molecule has 0 unspecified atom stereocenters. The van der Waals surface area contributed by atoms with E-state index < -0.39 is 11.5 Å². The second-order valence-electron chi connectivity index (χ2n) is 7.23. The lowest BCUT2D eigenvalue weighted by molar-refractivity contribution is -0.166. The molecular weight excluding hydrogens is 388 g/mol. The second-order valence-corrected chi connectivity index (χ2v) is 8.40. The molecule has 0 aliphatic carbocycles. The highest BCUT2D eigenvalue weighted by Gasteiger charge is 2.44. The molecule has 1 saturated heterocycles. The number of hydrogen-bond donors (Lipinski definition) is 0. The van der Waals surface area contributed by atoms with Gasteiger partial charge in [-0.1, -0.05) is 62.0 Å². The first-order valence-corrected chi connectivity index (χ1v) is 10.6. The SMILES string of the molecule is CC(=O)OC[C@@H]1O[C@H](Sc2ccccc2)[C@H](OC(=O)c2ccccc2)[C@@H](C)[C@@H]1C. The van der Waals surface area contributed by atoms with Crippen LogP contribution in [0.4, 0.5) is 0 Å². The minimum atomic E-state index is -0.434. The molecule has 0 radical (unpaired) electrons. The van der Waals surface area contributed by atoms with Gasteiger partial charge in [0.05, 0.1) is 11.7 Å². The van der Waals surface area contributed by atoms with Crippen LogP contribution in [0.1, 0.15) is 31.1 Å². The zero-order valence-corrected chi connectivity index (χ0v) is 17.6. The van der Waals surface area contributed by atoms with Crippen LogP contribution in [0.2, 0.25) is 0 Å². The van der Waals surface area contributed by atoms with Gasteiger partial charge in [-0.05, 0) is 30.2 Å². The summed E-state index contributed by atoms with van der Waals surface area (Å²) >= 11 is 1.51. The molecule has 0 amide bonds. The van der Waals surface area contributed by atoms with Crippen LogP contribution in [-0.2, 0) is 19.0 Å². The van der Waals surface area contributed by atoms with Crippen molar-refractivity contribution in [3.63, 3.8) is 0 Å². The summed E-state index contributed by atoms with van der Waals surface area (Å²) in [4.78, 5) is 25.0. The van der Waals surface area contributed by atoms with Crippen LogP contribution in [0.15, 0.2) is 65.6 Å². The van der Waals surface area contributed by atoms with Crippen molar-refractivity contribution in [1.29, 1.82) is 0 Å². The third-order valence-corrected chi connectivity index (χ3v) is 6.37. The summed E-state index contributed by atoms with van der Waals surface area (Å²) in [6.45, 7) is 5.66. The molecule has 5 nitrogen and oxygen atoms in total. The molecule has 0 bridgehead atoms. The molecule has 3 rings (SSSR count). The van der Waals surface area contributed by atoms with Gasteiger partial charge in [0.2, 0.25) is 0 Å². The van der Waals surface area contributed by atoms with Gasteiger partial charge in [0.1, 0.15) is 18.1 Å². The van der Waals surface area contributed by atoms with E-state index in [-0.39, 0.29) is 36.5 Å². The highest BCUT2D eigenvalue weighted by Crippen LogP contribution is 2.40. The van der Waals surface area contributed by atoms with Crippen LogP contribution in [-0.4, -0.2) is 36.2 Å². The van der Waals surface area contributed by atoms with Gasteiger partial charge in [0.15, 0.2) is 0 Å². The third kappa shape index (κ3) is 5.61. The quantitative estimate of drug-likeness (QED) is 0.646. The van der Waals surface area contributed by atoms with E-state index in [1.165, 1.54) is 18.7 Å². The Morgan fingerprint density at radius 3 is 2.21 bits per heavy atom. The van der Waals surface area contributed by atoms with Crippen molar-refractivity contribution in [2.24, 2.45) is 11.8 Å². The van der Waals surface area contributed by atoms with E-state index in [4.69, 9.17) is 14.2 Å². The van der Waals surface area contributed by atoms with Gasteiger partial charge in [0, 0.05) is 17.7 Å². The molecular formula is C23H26O5S. The minimum Gasteiger partial charge on any atom is -0.463 e. The Bertz CT molecular complexity index is 811. The largest absolute Gasteiger partial charge is 0.463 e. The summed E-state index contributed by atoms with van der Waals surface area (Å²) in [5.74, 6) is -0.623. The summed E-state index contributed by atoms with van der Waals surface area (Å²) in [6, 6.07) is 18.8. The van der Waals surface area contributed by atoms with Gasteiger partial charge >= 0.3 is 11.9 Å². The zero-order valence-electron chi connectivity index (χ0n) is 16.8. The average molecular weight is 415 g/mol. The maximum Gasteiger partial charge on any atom is 0.338 e. The first-order chi connectivity index (χ1) is 14.0. The number of carbonyl (C=O) groups excluding carboxylic acids is 2. The van der Waals surface area contributed by atoms with E-state index in [1.54, 1.807) is 12.1 Å². The van der Waals surface area contributed by atoms with Crippen molar-refractivity contribution in [3.05, 3.63) is 66.2 Å². The van der Waals surface area contributed by atoms with Gasteiger partial charge in [-0.15, -0.1) is 0 Å². The number of rotatable bonds is 6. The fourth-order valence-corrected chi connectivity index (χ4v) is 4.52. The number of ether oxygens (including phenoxy) is 3. The van der Waals surface area contributed by atoms with Crippen molar-refractivity contribution in [2.75, 3.05) is 6.61 Å². The molecule has 0 saturated carbocycles. The number of hydrogen-bond acceptors (Lipinski definition) is 6. The lowest BCUT2D eigenvalue weighted by Crippen LogP contribution is -2.51. The Hall–Kier alpha value is -2.31. The number of thioether (sulfide) groups is 1. The summed E-state index contributed by atoms with van der Waals surface area (Å²) in [5.41, 5.74) is 0.106. The van der Waals surface area contributed by atoms with Gasteiger partial charge in [-0.25, -0.2) is 4.79 Å². The molecule has 0 spiro atoms. The van der Waals surface area contributed by atoms with Crippen LogP contribution >= 0.6 is 11.8 Å². The van der Waals surface area contributed by atoms with Crippen LogP contribution in [0, 0.1) is 11.8 Å². The van der Waals surface area contributed by atoms with E-state index in [0.29, 0.717) is 5.56 Å². The molecule has 1 heterocycles. The smallest absolute Gasteiger partial charge is 0.338 e. The molecule has 1 fully saturated rings. The summed E-state index contributed by atoms with van der Waals surface area (Å²) in [6.07, 6.45) is -0.696. The van der Waals surface area contributed by atoms with Crippen molar-refractivity contribution in [2.45, 2.75) is 43.3 Å². The monoisotopic (exact) mass is 414 g/mol. The molecule has 1 aliphatic heterocycles. The van der Waals surface area contributed by atoms with E-state index >= 15 is 0 Å². The van der Waals surface area contributed by atoms with Gasteiger partial charge in [-0.3, -0.25) is 4.79 Å². The minimum absolute atomic E-state index is 0.0261. The van der Waals surface area contributed by atoms with Crippen molar-refractivity contribution >= 4 is 23.7 Å². The fraction of sp³-hybridized carbons (Fsp3) is 0.391. The lowest BCUT2D eigenvalue weighted by Gasteiger charge is -2.43. The maximum atomic E-state index is 12.7. The summed E-state index contributed by atoms with van der Waals surface area (Å²) in [7, 11) is 0. The van der Waals surface area contributed by atoms with Crippen molar-refractivity contribution in [1.82, 2.24) is 0 Å². The molecule has 6 heteroatoms. The predicted octanol–water partition coefficient (Wildman–Crippen LogP) is 4.56. The Kier molecular flexibility index (Phi) is 7.34. The average Bonchev–Trinajstić information content (AvgIpc) is 2.73. The highest BCUT2D eigenvalue weighted by molar-refractivity contribution is 7.99. The highest BCUT2D eigenvalue weighted by atomic mass is 32.2. The van der Waals surface area contributed by atoms with E-state index in [1.807, 2.05) is 55.5 Å². The fourth-order valence-electron chi connectivity index (χ4n) is 3.31. The molecule has 154 valence electrons. The number of carbonyl (C=O) groups is 2. The first kappa shape index (κ1) is 21.4. The van der Waals surface area contributed by atoms with Crippen molar-refractivity contribution < 1.29 is 23.8 Å². The topological polar surface area (TPSA) is 61.8 Å². The molecule has 5 atom stereocenters. The normalized spacial score (nSPS) is 26.5. The molecule has 0 N–H and O–H groups in total. The standard InChI is InChI=1S/C23H26O5S/c1-15-16(2)21(28-22(25)18-10-6-4-7-11-18)23(27-20(15)14-26-17(3)24)29-19-12-8-5-9-13-19/h4-13,15-16,20-21,23H,14H2,1-3H3/t15-,16-,20-,21+,23+/m0/s1. The van der Waals surface area contributed by atoms with Crippen molar-refractivity contribution in [3.8, 4) is 0 Å². The molecule has 1 aliphatic rings. The Labute approximate surface area is 175 Å². The Morgan fingerprint density at radius 1 is 0.966 bits per heavy atom. The predicted molar refractivity (Wildman–Crippen MR) is 112 cm³/mol. The lowest BCUT2D eigenvalue weighted by atomic mass is 9.84. The first-order valence-electron chi connectivity index (χ1n) is 9.72. The van der Waals surface area contributed by atoms with E-state index in [0.717, 1.165) is 4.90 Å². The molecule has 2 aromatic carbocycles. The molecule has 2 aromatic rings. The third-order valence-electron chi connectivity index (χ3n) is 5.21. The van der Waals surface area contributed by atoms with Gasteiger partial charge < -0.3 is 14.2 Å². The Balaban J connectivity index is 1.80. The number of esters is 2. The summed E-state index contributed by atoms with van der Waals surface area (Å²) in [5, 5.41) is 0. The zero-order chi connectivity index (χ0) is 20.8. The molecule has 29 heavy (non-hydrogen) atoms. The van der Waals surface area contributed by atoms with Crippen LogP contribution in [0.5, 0.6) is 0 Å². The number of benzene rings is 2.